The fourth-order valence-electron chi connectivity index (χ4n) is 1.98. The third-order valence-electron chi connectivity index (χ3n) is 2.89. The molecule has 0 unspecified atom stereocenters. The van der Waals surface area contributed by atoms with E-state index in [-0.39, 0.29) is 18.3 Å². The summed E-state index contributed by atoms with van der Waals surface area (Å²) in [6.45, 7) is 2.34. The monoisotopic (exact) mass is 237 g/mol. The fraction of sp³-hybridized carbons (Fsp3) is 0.417. The van der Waals surface area contributed by atoms with Gasteiger partial charge in [0.05, 0.1) is 6.54 Å². The number of nitrogens with one attached hydrogen (secondary N) is 1. The molecule has 0 aromatic heterocycles. The molecule has 0 aliphatic carbocycles. The molecule has 0 spiro atoms. The summed E-state index contributed by atoms with van der Waals surface area (Å²) >= 11 is 0. The second-order valence-corrected chi connectivity index (χ2v) is 4.15. The van der Waals surface area contributed by atoms with E-state index in [1.807, 2.05) is 4.90 Å². The lowest BCUT2D eigenvalue weighted by atomic mass is 10.1. The van der Waals surface area contributed by atoms with Crippen molar-refractivity contribution >= 4 is 5.91 Å². The molecule has 1 amide bonds. The van der Waals surface area contributed by atoms with Gasteiger partial charge in [0, 0.05) is 37.3 Å². The van der Waals surface area contributed by atoms with Gasteiger partial charge in [-0.3, -0.25) is 9.69 Å². The Bertz CT molecular complexity index is 422. The van der Waals surface area contributed by atoms with Crippen LogP contribution in [0.3, 0.4) is 0 Å². The predicted molar refractivity (Wildman–Crippen MR) is 62.6 cm³/mol. The molecule has 0 bridgehead atoms. The van der Waals surface area contributed by atoms with E-state index in [1.54, 1.807) is 18.2 Å². The Hall–Kier alpha value is -1.46. The Morgan fingerprint density at radius 3 is 2.88 bits per heavy atom. The van der Waals surface area contributed by atoms with Crippen molar-refractivity contribution in [3.63, 3.8) is 0 Å². The summed E-state index contributed by atoms with van der Waals surface area (Å²) in [5.41, 5.74) is 6.57. The van der Waals surface area contributed by atoms with Gasteiger partial charge in [0.1, 0.15) is 5.82 Å². The highest BCUT2D eigenvalue weighted by Gasteiger charge is 2.17. The van der Waals surface area contributed by atoms with Crippen LogP contribution in [0.15, 0.2) is 18.2 Å². The average Bonchev–Trinajstić information content (AvgIpc) is 2.32. The van der Waals surface area contributed by atoms with Crippen LogP contribution in [-0.4, -0.2) is 30.4 Å². The van der Waals surface area contributed by atoms with Gasteiger partial charge >= 0.3 is 0 Å². The number of rotatable bonds is 3. The molecule has 1 aliphatic heterocycles. The lowest BCUT2D eigenvalue weighted by molar-refractivity contribution is -0.124. The Morgan fingerprint density at radius 2 is 2.18 bits per heavy atom. The number of amides is 1. The molecule has 17 heavy (non-hydrogen) atoms. The summed E-state index contributed by atoms with van der Waals surface area (Å²) in [5.74, 6) is -0.257. The minimum Gasteiger partial charge on any atom is -0.354 e. The van der Waals surface area contributed by atoms with Gasteiger partial charge in [0.25, 0.3) is 0 Å². The average molecular weight is 237 g/mol. The first kappa shape index (κ1) is 12.0. The van der Waals surface area contributed by atoms with E-state index in [0.717, 1.165) is 6.54 Å². The van der Waals surface area contributed by atoms with Crippen molar-refractivity contribution in [2.24, 2.45) is 5.73 Å². The number of nitrogens with two attached hydrogens (primary N) is 1. The number of benzene rings is 1. The highest BCUT2D eigenvalue weighted by Crippen LogP contribution is 2.15. The summed E-state index contributed by atoms with van der Waals surface area (Å²) in [6.07, 6.45) is 0. The van der Waals surface area contributed by atoms with Crippen molar-refractivity contribution in [3.8, 4) is 0 Å². The number of carbonyl (C=O) groups excluding carboxylic acids is 1. The lowest BCUT2D eigenvalue weighted by Crippen LogP contribution is -2.47. The van der Waals surface area contributed by atoms with Crippen molar-refractivity contribution in [1.29, 1.82) is 0 Å². The fourth-order valence-corrected chi connectivity index (χ4v) is 1.98. The Morgan fingerprint density at radius 1 is 1.41 bits per heavy atom. The molecule has 3 N–H and O–H groups in total. The Kier molecular flexibility index (Phi) is 3.71. The third-order valence-corrected chi connectivity index (χ3v) is 2.89. The molecule has 1 heterocycles. The van der Waals surface area contributed by atoms with Crippen LogP contribution >= 0.6 is 0 Å². The second-order valence-electron chi connectivity index (χ2n) is 4.15. The summed E-state index contributed by atoms with van der Waals surface area (Å²) in [6, 6.07) is 5.22. The Labute approximate surface area is 99.6 Å². The van der Waals surface area contributed by atoms with E-state index < -0.39 is 0 Å². The van der Waals surface area contributed by atoms with Gasteiger partial charge in [-0.2, -0.15) is 0 Å². The van der Waals surface area contributed by atoms with Gasteiger partial charge in [-0.25, -0.2) is 4.39 Å². The van der Waals surface area contributed by atoms with Crippen LogP contribution in [-0.2, 0) is 17.9 Å². The van der Waals surface area contributed by atoms with Crippen LogP contribution in [0.5, 0.6) is 0 Å². The maximum Gasteiger partial charge on any atom is 0.234 e. The highest BCUT2D eigenvalue weighted by molar-refractivity contribution is 5.78. The van der Waals surface area contributed by atoms with Crippen molar-refractivity contribution in [2.75, 3.05) is 19.6 Å². The normalized spacial score (nSPS) is 16.9. The van der Waals surface area contributed by atoms with Crippen LogP contribution in [0.2, 0.25) is 0 Å². The van der Waals surface area contributed by atoms with Gasteiger partial charge in [-0.1, -0.05) is 18.2 Å². The first-order valence-electron chi connectivity index (χ1n) is 5.66. The number of carbonyl (C=O) groups is 1. The zero-order valence-corrected chi connectivity index (χ0v) is 9.58. The summed E-state index contributed by atoms with van der Waals surface area (Å²) < 4.78 is 13.9. The van der Waals surface area contributed by atoms with Crippen LogP contribution in [0.1, 0.15) is 11.1 Å². The van der Waals surface area contributed by atoms with E-state index in [1.165, 1.54) is 0 Å². The lowest BCUT2D eigenvalue weighted by Gasteiger charge is -2.26. The van der Waals surface area contributed by atoms with Gasteiger partial charge in [0.15, 0.2) is 0 Å². The summed E-state index contributed by atoms with van der Waals surface area (Å²) in [7, 11) is 0. The van der Waals surface area contributed by atoms with Crippen molar-refractivity contribution in [1.82, 2.24) is 10.2 Å². The van der Waals surface area contributed by atoms with E-state index in [2.05, 4.69) is 5.32 Å². The van der Waals surface area contributed by atoms with E-state index in [9.17, 15) is 9.18 Å². The molecule has 1 aliphatic rings. The predicted octanol–water partition coefficient (Wildman–Crippen LogP) is 0.216. The van der Waals surface area contributed by atoms with Crippen LogP contribution < -0.4 is 11.1 Å². The maximum atomic E-state index is 13.9. The molecule has 92 valence electrons. The van der Waals surface area contributed by atoms with Crippen LogP contribution in [0.25, 0.3) is 0 Å². The molecule has 5 heteroatoms. The molecule has 4 nitrogen and oxygen atoms in total. The minimum atomic E-state index is -0.249. The van der Waals surface area contributed by atoms with Gasteiger partial charge < -0.3 is 11.1 Å². The molecule has 1 saturated heterocycles. The minimum absolute atomic E-state index is 0.00774. The van der Waals surface area contributed by atoms with Crippen LogP contribution in [0.4, 0.5) is 4.39 Å². The number of hydrogen-bond acceptors (Lipinski definition) is 3. The zero-order valence-electron chi connectivity index (χ0n) is 9.58. The number of nitrogens with zero attached hydrogens (tertiary/aromatic N) is 1. The molecule has 0 radical (unpaired) electrons. The third kappa shape index (κ3) is 2.81. The van der Waals surface area contributed by atoms with Crippen molar-refractivity contribution in [2.45, 2.75) is 13.1 Å². The van der Waals surface area contributed by atoms with E-state index in [4.69, 9.17) is 5.73 Å². The largest absolute Gasteiger partial charge is 0.354 e. The molecule has 1 aromatic carbocycles. The smallest absolute Gasteiger partial charge is 0.234 e. The maximum absolute atomic E-state index is 13.9. The van der Waals surface area contributed by atoms with Crippen LogP contribution in [0, 0.1) is 5.82 Å². The number of halogens is 1. The summed E-state index contributed by atoms with van der Waals surface area (Å²) in [4.78, 5) is 13.1. The van der Waals surface area contributed by atoms with Gasteiger partial charge in [-0.15, -0.1) is 0 Å². The summed E-state index contributed by atoms with van der Waals surface area (Å²) in [5, 5.41) is 2.74. The van der Waals surface area contributed by atoms with Gasteiger partial charge in [-0.05, 0) is 0 Å². The van der Waals surface area contributed by atoms with E-state index >= 15 is 0 Å². The first-order valence-corrected chi connectivity index (χ1v) is 5.66. The SMILES string of the molecule is NCc1cccc(CN2CCNC(=O)C2)c1F. The number of piperazine rings is 1. The molecule has 1 aromatic rings. The first-order chi connectivity index (χ1) is 8.20. The topological polar surface area (TPSA) is 58.4 Å². The van der Waals surface area contributed by atoms with Crippen molar-refractivity contribution in [3.05, 3.63) is 35.1 Å². The molecule has 2 rings (SSSR count). The molecule has 0 atom stereocenters. The van der Waals surface area contributed by atoms with E-state index in [0.29, 0.717) is 30.8 Å². The second kappa shape index (κ2) is 5.25. The highest BCUT2D eigenvalue weighted by atomic mass is 19.1. The van der Waals surface area contributed by atoms with Gasteiger partial charge in [0.2, 0.25) is 5.91 Å². The molecule has 0 saturated carbocycles. The molecule has 1 fully saturated rings. The number of hydrogen-bond donors (Lipinski definition) is 2. The standard InChI is InChI=1S/C12H16FN3O/c13-12-9(6-14)2-1-3-10(12)7-16-5-4-15-11(17)8-16/h1-3H,4-8,14H2,(H,15,17). The zero-order chi connectivity index (χ0) is 12.3. The molecular formula is C12H16FN3O. The molecular weight excluding hydrogens is 221 g/mol. The van der Waals surface area contributed by atoms with Crippen molar-refractivity contribution < 1.29 is 9.18 Å². The Balaban J connectivity index is 2.10. The quantitative estimate of drug-likeness (QED) is 0.790.